The van der Waals surface area contributed by atoms with Crippen LogP contribution in [0, 0.1) is 25.2 Å². The molecule has 2 N–H and O–H groups in total. The van der Waals surface area contributed by atoms with Crippen LogP contribution in [-0.4, -0.2) is 9.97 Å². The quantitative estimate of drug-likeness (QED) is 0.582. The standard InChI is InChI=1S/C7H8N4/c1-4-6(3-8)10-5(2)7(9)11-4/h1-2H3,(H2,9,11). The van der Waals surface area contributed by atoms with Crippen LogP contribution in [0.5, 0.6) is 0 Å². The highest BCUT2D eigenvalue weighted by Crippen LogP contribution is 2.07. The lowest BCUT2D eigenvalue weighted by Gasteiger charge is -1.99. The summed E-state index contributed by atoms with van der Waals surface area (Å²) < 4.78 is 0. The van der Waals surface area contributed by atoms with Gasteiger partial charge in [0.15, 0.2) is 5.69 Å². The molecule has 0 bridgehead atoms. The molecule has 0 aromatic carbocycles. The van der Waals surface area contributed by atoms with Gasteiger partial charge in [-0.15, -0.1) is 0 Å². The predicted octanol–water partition coefficient (Wildman–Crippen LogP) is 0.547. The first kappa shape index (κ1) is 7.48. The highest BCUT2D eigenvalue weighted by Gasteiger charge is 2.03. The number of hydrogen-bond acceptors (Lipinski definition) is 4. The van der Waals surface area contributed by atoms with Gasteiger partial charge in [0.2, 0.25) is 0 Å². The number of aryl methyl sites for hydroxylation is 2. The molecule has 0 saturated heterocycles. The third-order valence-corrected chi connectivity index (χ3v) is 1.39. The van der Waals surface area contributed by atoms with Crippen molar-refractivity contribution in [1.29, 1.82) is 5.26 Å². The zero-order valence-corrected chi connectivity index (χ0v) is 6.42. The van der Waals surface area contributed by atoms with Gasteiger partial charge in [0.1, 0.15) is 11.9 Å². The van der Waals surface area contributed by atoms with Crippen LogP contribution in [0.25, 0.3) is 0 Å². The Balaban J connectivity index is 3.35. The molecule has 0 aliphatic carbocycles. The number of rotatable bonds is 0. The van der Waals surface area contributed by atoms with E-state index in [4.69, 9.17) is 11.0 Å². The molecule has 0 spiro atoms. The van der Waals surface area contributed by atoms with Crippen LogP contribution in [0.2, 0.25) is 0 Å². The topological polar surface area (TPSA) is 75.6 Å². The summed E-state index contributed by atoms with van der Waals surface area (Å²) in [5, 5.41) is 8.54. The van der Waals surface area contributed by atoms with Gasteiger partial charge in [-0.1, -0.05) is 0 Å². The Hall–Kier alpha value is -1.63. The molecular formula is C7H8N4. The van der Waals surface area contributed by atoms with Gasteiger partial charge in [0, 0.05) is 0 Å². The van der Waals surface area contributed by atoms with Crippen molar-refractivity contribution in [3.8, 4) is 6.07 Å². The number of nitriles is 1. The first-order valence-corrected chi connectivity index (χ1v) is 3.16. The normalized spacial score (nSPS) is 9.18. The van der Waals surface area contributed by atoms with Gasteiger partial charge in [-0.3, -0.25) is 0 Å². The van der Waals surface area contributed by atoms with E-state index in [2.05, 4.69) is 9.97 Å². The van der Waals surface area contributed by atoms with E-state index >= 15 is 0 Å². The molecule has 11 heavy (non-hydrogen) atoms. The molecule has 0 amide bonds. The molecule has 56 valence electrons. The van der Waals surface area contributed by atoms with E-state index in [1.807, 2.05) is 6.07 Å². The molecule has 1 heterocycles. The number of nitrogens with two attached hydrogens (primary N) is 1. The highest BCUT2D eigenvalue weighted by molar-refractivity contribution is 5.38. The summed E-state index contributed by atoms with van der Waals surface area (Å²) in [7, 11) is 0. The third-order valence-electron chi connectivity index (χ3n) is 1.39. The lowest BCUT2D eigenvalue weighted by atomic mass is 10.3. The summed E-state index contributed by atoms with van der Waals surface area (Å²) in [5.41, 5.74) is 6.99. The molecular weight excluding hydrogens is 140 g/mol. The summed E-state index contributed by atoms with van der Waals surface area (Å²) in [6.45, 7) is 3.43. The molecule has 1 rings (SSSR count). The Bertz CT molecular complexity index is 324. The maximum atomic E-state index is 8.54. The Morgan fingerprint density at radius 2 is 1.91 bits per heavy atom. The highest BCUT2D eigenvalue weighted by atomic mass is 14.9. The first-order valence-electron chi connectivity index (χ1n) is 3.16. The molecule has 1 aromatic rings. The van der Waals surface area contributed by atoms with Crippen LogP contribution in [-0.2, 0) is 0 Å². The molecule has 4 nitrogen and oxygen atoms in total. The van der Waals surface area contributed by atoms with E-state index in [9.17, 15) is 0 Å². The van der Waals surface area contributed by atoms with Crippen LogP contribution in [0.4, 0.5) is 5.82 Å². The summed E-state index contributed by atoms with van der Waals surface area (Å²) in [6.07, 6.45) is 0. The maximum absolute atomic E-state index is 8.54. The fourth-order valence-corrected chi connectivity index (χ4v) is 0.726. The molecule has 0 aliphatic heterocycles. The van der Waals surface area contributed by atoms with E-state index < -0.39 is 0 Å². The summed E-state index contributed by atoms with van der Waals surface area (Å²) in [5.74, 6) is 0.390. The summed E-state index contributed by atoms with van der Waals surface area (Å²) >= 11 is 0. The first-order chi connectivity index (χ1) is 5.15. The molecule has 4 heteroatoms. The van der Waals surface area contributed by atoms with Crippen LogP contribution in [0.15, 0.2) is 0 Å². The van der Waals surface area contributed by atoms with Crippen molar-refractivity contribution >= 4 is 5.82 Å². The summed E-state index contributed by atoms with van der Waals surface area (Å²) in [6, 6.07) is 1.93. The maximum Gasteiger partial charge on any atom is 0.162 e. The summed E-state index contributed by atoms with van der Waals surface area (Å²) in [4.78, 5) is 7.88. The molecule has 0 radical (unpaired) electrons. The van der Waals surface area contributed by atoms with Crippen molar-refractivity contribution in [2.24, 2.45) is 0 Å². The fraction of sp³-hybridized carbons (Fsp3) is 0.286. The fourth-order valence-electron chi connectivity index (χ4n) is 0.726. The molecule has 0 aliphatic rings. The van der Waals surface area contributed by atoms with E-state index in [0.717, 1.165) is 0 Å². The van der Waals surface area contributed by atoms with Crippen LogP contribution >= 0.6 is 0 Å². The Kier molecular flexibility index (Phi) is 1.73. The Morgan fingerprint density at radius 3 is 2.45 bits per heavy atom. The minimum atomic E-state index is 0.344. The largest absolute Gasteiger partial charge is 0.382 e. The van der Waals surface area contributed by atoms with Gasteiger partial charge in [0.05, 0.1) is 11.4 Å². The second-order valence-corrected chi connectivity index (χ2v) is 2.24. The van der Waals surface area contributed by atoms with Crippen molar-refractivity contribution in [3.63, 3.8) is 0 Å². The van der Waals surface area contributed by atoms with Crippen molar-refractivity contribution in [2.45, 2.75) is 13.8 Å². The van der Waals surface area contributed by atoms with E-state index in [1.54, 1.807) is 13.8 Å². The number of aromatic nitrogens is 2. The van der Waals surface area contributed by atoms with Crippen molar-refractivity contribution in [2.75, 3.05) is 5.73 Å². The average molecular weight is 148 g/mol. The van der Waals surface area contributed by atoms with Gasteiger partial charge in [-0.2, -0.15) is 5.26 Å². The van der Waals surface area contributed by atoms with E-state index in [1.165, 1.54) is 0 Å². The Labute approximate surface area is 64.7 Å². The molecule has 0 unspecified atom stereocenters. The molecule has 0 saturated carbocycles. The second-order valence-electron chi connectivity index (χ2n) is 2.24. The molecule has 0 fully saturated rings. The number of nitrogen functional groups attached to an aromatic ring is 1. The minimum Gasteiger partial charge on any atom is -0.382 e. The zero-order valence-electron chi connectivity index (χ0n) is 6.42. The van der Waals surface area contributed by atoms with Crippen molar-refractivity contribution < 1.29 is 0 Å². The number of anilines is 1. The second kappa shape index (κ2) is 2.54. The van der Waals surface area contributed by atoms with Gasteiger partial charge >= 0.3 is 0 Å². The van der Waals surface area contributed by atoms with Gasteiger partial charge < -0.3 is 5.73 Å². The number of nitrogens with zero attached hydrogens (tertiary/aromatic N) is 3. The Morgan fingerprint density at radius 1 is 1.27 bits per heavy atom. The van der Waals surface area contributed by atoms with Gasteiger partial charge in [-0.25, -0.2) is 9.97 Å². The predicted molar refractivity (Wildman–Crippen MR) is 40.6 cm³/mol. The molecule has 0 atom stereocenters. The minimum absolute atomic E-state index is 0.344. The van der Waals surface area contributed by atoms with Gasteiger partial charge in [-0.05, 0) is 13.8 Å². The van der Waals surface area contributed by atoms with Crippen molar-refractivity contribution in [3.05, 3.63) is 17.1 Å². The van der Waals surface area contributed by atoms with Crippen LogP contribution in [0.3, 0.4) is 0 Å². The smallest absolute Gasteiger partial charge is 0.162 e. The SMILES string of the molecule is Cc1nc(C#N)c(C)nc1N. The van der Waals surface area contributed by atoms with Gasteiger partial charge in [0.25, 0.3) is 0 Å². The lowest BCUT2D eigenvalue weighted by Crippen LogP contribution is -2.02. The van der Waals surface area contributed by atoms with Crippen LogP contribution in [0.1, 0.15) is 17.1 Å². The zero-order chi connectivity index (χ0) is 8.43. The monoisotopic (exact) mass is 148 g/mol. The average Bonchev–Trinajstić information content (AvgIpc) is 1.97. The van der Waals surface area contributed by atoms with E-state index in [0.29, 0.717) is 22.9 Å². The van der Waals surface area contributed by atoms with Crippen LogP contribution < -0.4 is 5.73 Å². The van der Waals surface area contributed by atoms with Crippen molar-refractivity contribution in [1.82, 2.24) is 9.97 Å². The third kappa shape index (κ3) is 1.27. The van der Waals surface area contributed by atoms with E-state index in [-0.39, 0.29) is 0 Å². The molecule has 1 aromatic heterocycles. The lowest BCUT2D eigenvalue weighted by molar-refractivity contribution is 1.05. The number of hydrogen-bond donors (Lipinski definition) is 1.